The Kier molecular flexibility index (Phi) is 3.32. The summed E-state index contributed by atoms with van der Waals surface area (Å²) in [5.74, 6) is -0.686. The fourth-order valence-corrected chi connectivity index (χ4v) is 0.560. The number of hydrogen-bond donors (Lipinski definition) is 1. The normalized spacial score (nSPS) is 16.0. The Morgan fingerprint density at radius 2 is 2.10 bits per heavy atom. The minimum Gasteiger partial charge on any atom is -0.467 e. The van der Waals surface area contributed by atoms with Crippen LogP contribution in [0.4, 0.5) is 0 Å². The number of ether oxygens (including phenoxy) is 2. The van der Waals surface area contributed by atoms with Gasteiger partial charge in [-0.3, -0.25) is 0 Å². The average Bonchev–Trinajstić information content (AvgIpc) is 1.86. The van der Waals surface area contributed by atoms with E-state index < -0.39 is 11.6 Å². The predicted octanol–water partition coefficient (Wildman–Crippen LogP) is -0.443. The summed E-state index contributed by atoms with van der Waals surface area (Å²) in [7, 11) is 2.61. The van der Waals surface area contributed by atoms with Gasteiger partial charge in [-0.15, -0.1) is 0 Å². The molecule has 0 aromatic heterocycles. The lowest BCUT2D eigenvalue weighted by Crippen LogP contribution is -2.40. The lowest BCUT2D eigenvalue weighted by molar-refractivity contribution is -0.165. The summed E-state index contributed by atoms with van der Waals surface area (Å²) in [5, 5.41) is 9.18. The molecule has 10 heavy (non-hydrogen) atoms. The molecule has 0 fully saturated rings. The summed E-state index contributed by atoms with van der Waals surface area (Å²) in [6.07, 6.45) is 0. The standard InChI is InChI=1S/C6H12O4/c1-6(8,4-9-2)5(7)10-3/h8H,4H2,1-3H3. The fourth-order valence-electron chi connectivity index (χ4n) is 0.560. The molecule has 0 aliphatic rings. The molecular formula is C6H12O4. The molecule has 0 aromatic carbocycles. The molecule has 0 heterocycles. The minimum absolute atomic E-state index is 0.0559. The largest absolute Gasteiger partial charge is 0.467 e. The zero-order valence-electron chi connectivity index (χ0n) is 6.38. The van der Waals surface area contributed by atoms with Crippen molar-refractivity contribution >= 4 is 5.97 Å². The smallest absolute Gasteiger partial charge is 0.339 e. The highest BCUT2D eigenvalue weighted by Gasteiger charge is 2.30. The molecule has 0 saturated carbocycles. The lowest BCUT2D eigenvalue weighted by Gasteiger charge is -2.18. The van der Waals surface area contributed by atoms with E-state index in [1.807, 2.05) is 0 Å². The Morgan fingerprint density at radius 3 is 2.40 bits per heavy atom. The first kappa shape index (κ1) is 9.39. The maximum Gasteiger partial charge on any atom is 0.339 e. The molecule has 1 unspecified atom stereocenters. The number of carbonyl (C=O) groups excluding carboxylic acids is 1. The first-order valence-corrected chi connectivity index (χ1v) is 2.84. The Morgan fingerprint density at radius 1 is 1.60 bits per heavy atom. The highest BCUT2D eigenvalue weighted by atomic mass is 16.5. The van der Waals surface area contributed by atoms with E-state index in [1.165, 1.54) is 21.1 Å². The molecule has 0 amide bonds. The Bertz CT molecular complexity index is 119. The van der Waals surface area contributed by atoms with E-state index in [0.717, 1.165) is 0 Å². The van der Waals surface area contributed by atoms with Crippen molar-refractivity contribution in [1.82, 2.24) is 0 Å². The first-order chi connectivity index (χ1) is 4.54. The second-order valence-corrected chi connectivity index (χ2v) is 2.20. The van der Waals surface area contributed by atoms with Gasteiger partial charge < -0.3 is 14.6 Å². The number of methoxy groups -OCH3 is 2. The topological polar surface area (TPSA) is 55.8 Å². The van der Waals surface area contributed by atoms with Gasteiger partial charge in [-0.05, 0) is 6.92 Å². The second kappa shape index (κ2) is 3.53. The van der Waals surface area contributed by atoms with Crippen LogP contribution in [0.5, 0.6) is 0 Å². The van der Waals surface area contributed by atoms with E-state index in [9.17, 15) is 9.90 Å². The van der Waals surface area contributed by atoms with E-state index in [-0.39, 0.29) is 6.61 Å². The van der Waals surface area contributed by atoms with Crippen LogP contribution < -0.4 is 0 Å². The van der Waals surface area contributed by atoms with Crippen molar-refractivity contribution in [3.8, 4) is 0 Å². The van der Waals surface area contributed by atoms with Gasteiger partial charge in [0.2, 0.25) is 0 Å². The molecule has 1 N–H and O–H groups in total. The van der Waals surface area contributed by atoms with Gasteiger partial charge in [0.05, 0.1) is 13.7 Å². The van der Waals surface area contributed by atoms with Crippen LogP contribution in [0.1, 0.15) is 6.92 Å². The zero-order valence-corrected chi connectivity index (χ0v) is 6.38. The van der Waals surface area contributed by atoms with Crippen LogP contribution in [0.3, 0.4) is 0 Å². The SMILES string of the molecule is COCC(C)(O)C(=O)OC. The Balaban J connectivity index is 3.96. The molecule has 0 aromatic rings. The predicted molar refractivity (Wildman–Crippen MR) is 34.5 cm³/mol. The van der Waals surface area contributed by atoms with Crippen LogP contribution in [-0.4, -0.2) is 37.5 Å². The highest BCUT2D eigenvalue weighted by molar-refractivity contribution is 5.78. The van der Waals surface area contributed by atoms with Crippen LogP contribution in [0, 0.1) is 0 Å². The molecule has 0 rings (SSSR count). The maximum atomic E-state index is 10.7. The van der Waals surface area contributed by atoms with Crippen molar-refractivity contribution in [1.29, 1.82) is 0 Å². The first-order valence-electron chi connectivity index (χ1n) is 2.84. The van der Waals surface area contributed by atoms with Gasteiger partial charge in [0.1, 0.15) is 0 Å². The summed E-state index contributed by atoms with van der Waals surface area (Å²) in [5.41, 5.74) is -1.52. The molecule has 0 aliphatic carbocycles. The highest BCUT2D eigenvalue weighted by Crippen LogP contribution is 2.04. The number of hydrogen-bond acceptors (Lipinski definition) is 4. The zero-order chi connectivity index (χ0) is 8.20. The van der Waals surface area contributed by atoms with Crippen molar-refractivity contribution in [2.45, 2.75) is 12.5 Å². The van der Waals surface area contributed by atoms with Crippen molar-refractivity contribution in [3.05, 3.63) is 0 Å². The molecule has 60 valence electrons. The Labute approximate surface area is 59.7 Å². The summed E-state index contributed by atoms with van der Waals surface area (Å²) in [6, 6.07) is 0. The number of carbonyl (C=O) groups is 1. The number of rotatable bonds is 3. The van der Waals surface area contributed by atoms with Crippen molar-refractivity contribution in [2.75, 3.05) is 20.8 Å². The van der Waals surface area contributed by atoms with Gasteiger partial charge >= 0.3 is 5.97 Å². The molecule has 4 heteroatoms. The van der Waals surface area contributed by atoms with Gasteiger partial charge in [0, 0.05) is 7.11 Å². The molecule has 4 nitrogen and oxygen atoms in total. The third-order valence-corrected chi connectivity index (χ3v) is 1.05. The number of esters is 1. The monoisotopic (exact) mass is 148 g/mol. The van der Waals surface area contributed by atoms with Crippen LogP contribution in [0.2, 0.25) is 0 Å². The van der Waals surface area contributed by atoms with Crippen LogP contribution in [0.15, 0.2) is 0 Å². The van der Waals surface area contributed by atoms with E-state index in [1.54, 1.807) is 0 Å². The van der Waals surface area contributed by atoms with Crippen molar-refractivity contribution < 1.29 is 19.4 Å². The Hall–Kier alpha value is -0.610. The summed E-state index contributed by atoms with van der Waals surface area (Å²) in [6.45, 7) is 1.28. The van der Waals surface area contributed by atoms with Crippen LogP contribution in [-0.2, 0) is 14.3 Å². The van der Waals surface area contributed by atoms with Gasteiger partial charge in [-0.25, -0.2) is 4.79 Å². The minimum atomic E-state index is -1.52. The van der Waals surface area contributed by atoms with E-state index in [4.69, 9.17) is 0 Å². The summed E-state index contributed by atoms with van der Waals surface area (Å²) in [4.78, 5) is 10.7. The van der Waals surface area contributed by atoms with Gasteiger partial charge in [-0.2, -0.15) is 0 Å². The maximum absolute atomic E-state index is 10.7. The number of aliphatic hydroxyl groups is 1. The third-order valence-electron chi connectivity index (χ3n) is 1.05. The van der Waals surface area contributed by atoms with Gasteiger partial charge in [0.25, 0.3) is 0 Å². The molecule has 0 aliphatic heterocycles. The summed E-state index contributed by atoms with van der Waals surface area (Å²) >= 11 is 0. The molecule has 0 spiro atoms. The molecule has 0 bridgehead atoms. The quantitative estimate of drug-likeness (QED) is 0.551. The van der Waals surface area contributed by atoms with Crippen LogP contribution >= 0.6 is 0 Å². The van der Waals surface area contributed by atoms with Crippen molar-refractivity contribution in [3.63, 3.8) is 0 Å². The second-order valence-electron chi connectivity index (χ2n) is 2.20. The molecule has 0 radical (unpaired) electrons. The molecular weight excluding hydrogens is 136 g/mol. The van der Waals surface area contributed by atoms with Crippen LogP contribution in [0.25, 0.3) is 0 Å². The average molecular weight is 148 g/mol. The molecule has 1 atom stereocenters. The summed E-state index contributed by atoms with van der Waals surface area (Å²) < 4.78 is 8.88. The molecule has 0 saturated heterocycles. The van der Waals surface area contributed by atoms with Gasteiger partial charge in [0.15, 0.2) is 5.60 Å². The van der Waals surface area contributed by atoms with Gasteiger partial charge in [-0.1, -0.05) is 0 Å². The third kappa shape index (κ3) is 2.33. The van der Waals surface area contributed by atoms with E-state index in [0.29, 0.717) is 0 Å². The van der Waals surface area contributed by atoms with E-state index >= 15 is 0 Å². The van der Waals surface area contributed by atoms with E-state index in [2.05, 4.69) is 9.47 Å². The van der Waals surface area contributed by atoms with Crippen molar-refractivity contribution in [2.24, 2.45) is 0 Å². The lowest BCUT2D eigenvalue weighted by atomic mass is 10.1. The fraction of sp³-hybridized carbons (Fsp3) is 0.833.